The van der Waals surface area contributed by atoms with Crippen molar-refractivity contribution in [2.45, 2.75) is 38.1 Å². The standard InChI is InChI=1S/C12H19ClSi/c1-3-4-5-12(13)10-6-8-11(14-2)9-7-10/h6-9,12H,3-5,14H2,1-2H3. The molecule has 0 spiro atoms. The van der Waals surface area contributed by atoms with Gasteiger partial charge in [-0.25, -0.2) is 0 Å². The van der Waals surface area contributed by atoms with E-state index in [1.165, 1.54) is 23.6 Å². The SMILES string of the molecule is CCCCC(Cl)c1ccc([SiH2]C)cc1. The molecule has 1 unspecified atom stereocenters. The van der Waals surface area contributed by atoms with Crippen molar-refractivity contribution in [3.8, 4) is 0 Å². The van der Waals surface area contributed by atoms with Gasteiger partial charge in [-0.05, 0) is 12.0 Å². The van der Waals surface area contributed by atoms with Gasteiger partial charge in [-0.3, -0.25) is 0 Å². The minimum atomic E-state index is -0.00826. The highest BCUT2D eigenvalue weighted by molar-refractivity contribution is 6.51. The molecule has 0 N–H and O–H groups in total. The highest BCUT2D eigenvalue weighted by Gasteiger charge is 2.06. The van der Waals surface area contributed by atoms with Gasteiger partial charge in [0.05, 0.1) is 14.9 Å². The Hall–Kier alpha value is -0.273. The van der Waals surface area contributed by atoms with E-state index in [1.54, 1.807) is 0 Å². The summed E-state index contributed by atoms with van der Waals surface area (Å²) in [5, 5.41) is 1.73. The number of unbranched alkanes of at least 4 members (excludes halogenated alkanes) is 1. The van der Waals surface area contributed by atoms with E-state index in [-0.39, 0.29) is 14.9 Å². The van der Waals surface area contributed by atoms with Crippen LogP contribution in [0.15, 0.2) is 24.3 Å². The quantitative estimate of drug-likeness (QED) is 0.535. The molecule has 0 saturated carbocycles. The van der Waals surface area contributed by atoms with Crippen molar-refractivity contribution in [3.05, 3.63) is 29.8 Å². The minimum Gasteiger partial charge on any atom is -0.118 e. The van der Waals surface area contributed by atoms with E-state index < -0.39 is 0 Å². The van der Waals surface area contributed by atoms with Crippen LogP contribution < -0.4 is 5.19 Å². The molecule has 0 fully saturated rings. The molecule has 1 rings (SSSR count). The van der Waals surface area contributed by atoms with Gasteiger partial charge in [-0.15, -0.1) is 11.6 Å². The molecule has 0 amide bonds. The molecule has 0 heterocycles. The Morgan fingerprint density at radius 2 is 1.93 bits per heavy atom. The molecule has 1 atom stereocenters. The first-order chi connectivity index (χ1) is 6.77. The fraction of sp³-hybridized carbons (Fsp3) is 0.500. The summed E-state index contributed by atoms with van der Waals surface area (Å²) < 4.78 is 0. The van der Waals surface area contributed by atoms with E-state index in [2.05, 4.69) is 37.7 Å². The maximum absolute atomic E-state index is 6.29. The van der Waals surface area contributed by atoms with Gasteiger partial charge >= 0.3 is 0 Å². The Morgan fingerprint density at radius 1 is 1.29 bits per heavy atom. The van der Waals surface area contributed by atoms with E-state index in [0.717, 1.165) is 6.42 Å². The number of hydrogen-bond acceptors (Lipinski definition) is 0. The molecule has 0 aromatic heterocycles. The van der Waals surface area contributed by atoms with Crippen LogP contribution in [0.2, 0.25) is 6.55 Å². The molecule has 0 aliphatic rings. The van der Waals surface area contributed by atoms with Gasteiger partial charge in [0, 0.05) is 0 Å². The molecule has 0 bridgehead atoms. The van der Waals surface area contributed by atoms with Crippen LogP contribution in [0.3, 0.4) is 0 Å². The molecule has 1 aromatic carbocycles. The molecule has 0 aliphatic carbocycles. The average molecular weight is 227 g/mol. The molecule has 0 saturated heterocycles. The lowest BCUT2D eigenvalue weighted by molar-refractivity contribution is 0.701. The van der Waals surface area contributed by atoms with Crippen molar-refractivity contribution in [2.24, 2.45) is 0 Å². The second-order valence-corrected chi connectivity index (χ2v) is 5.76. The van der Waals surface area contributed by atoms with E-state index in [0.29, 0.717) is 0 Å². The van der Waals surface area contributed by atoms with Crippen LogP contribution in [0, 0.1) is 0 Å². The summed E-state index contributed by atoms with van der Waals surface area (Å²) >= 11 is 6.29. The highest BCUT2D eigenvalue weighted by atomic mass is 35.5. The lowest BCUT2D eigenvalue weighted by atomic mass is 10.1. The summed E-state index contributed by atoms with van der Waals surface area (Å²) in [7, 11) is -0.00826. The van der Waals surface area contributed by atoms with Crippen molar-refractivity contribution >= 4 is 26.3 Å². The monoisotopic (exact) mass is 226 g/mol. The molecule has 78 valence electrons. The normalized spacial score (nSPS) is 13.6. The molecule has 0 radical (unpaired) electrons. The van der Waals surface area contributed by atoms with Crippen LogP contribution in [0.25, 0.3) is 0 Å². The molecule has 1 aromatic rings. The van der Waals surface area contributed by atoms with E-state index >= 15 is 0 Å². The first-order valence-corrected chi connectivity index (χ1v) is 8.06. The average Bonchev–Trinajstić information content (AvgIpc) is 2.26. The van der Waals surface area contributed by atoms with Crippen LogP contribution in [0.5, 0.6) is 0 Å². The summed E-state index contributed by atoms with van der Waals surface area (Å²) in [5.74, 6) is 0. The topological polar surface area (TPSA) is 0 Å². The van der Waals surface area contributed by atoms with Gasteiger partial charge in [0.25, 0.3) is 0 Å². The van der Waals surface area contributed by atoms with E-state index in [4.69, 9.17) is 11.6 Å². The van der Waals surface area contributed by atoms with Crippen molar-refractivity contribution in [2.75, 3.05) is 0 Å². The van der Waals surface area contributed by atoms with Crippen LogP contribution in [0.4, 0.5) is 0 Å². The van der Waals surface area contributed by atoms with Crippen LogP contribution in [-0.4, -0.2) is 9.52 Å². The zero-order chi connectivity index (χ0) is 10.4. The molecule has 0 aliphatic heterocycles. The second kappa shape index (κ2) is 6.26. The Bertz CT molecular complexity index is 256. The zero-order valence-corrected chi connectivity index (χ0v) is 11.3. The third-order valence-electron chi connectivity index (χ3n) is 2.56. The largest absolute Gasteiger partial charge is 0.118 e. The van der Waals surface area contributed by atoms with Crippen molar-refractivity contribution in [3.63, 3.8) is 0 Å². The summed E-state index contributed by atoms with van der Waals surface area (Å²) in [4.78, 5) is 0. The fourth-order valence-corrected chi connectivity index (χ4v) is 2.52. The number of alkyl halides is 1. The molecule has 0 nitrogen and oxygen atoms in total. The summed E-state index contributed by atoms with van der Waals surface area (Å²) in [6.45, 7) is 4.51. The van der Waals surface area contributed by atoms with Gasteiger partial charge in [-0.1, -0.05) is 55.8 Å². The molecule has 14 heavy (non-hydrogen) atoms. The lowest BCUT2D eigenvalue weighted by Crippen LogP contribution is -2.09. The predicted molar refractivity (Wildman–Crippen MR) is 68.6 cm³/mol. The maximum atomic E-state index is 6.29. The molecular formula is C12H19ClSi. The first kappa shape index (κ1) is 11.8. The van der Waals surface area contributed by atoms with E-state index in [9.17, 15) is 0 Å². The van der Waals surface area contributed by atoms with E-state index in [1.807, 2.05) is 0 Å². The van der Waals surface area contributed by atoms with Crippen molar-refractivity contribution in [1.29, 1.82) is 0 Å². The molecule has 2 heteroatoms. The highest BCUT2D eigenvalue weighted by Crippen LogP contribution is 2.25. The fourth-order valence-electron chi connectivity index (χ4n) is 1.51. The maximum Gasteiger partial charge on any atom is 0.0585 e. The Balaban J connectivity index is 2.57. The number of hydrogen-bond donors (Lipinski definition) is 0. The number of rotatable bonds is 5. The van der Waals surface area contributed by atoms with Gasteiger partial charge in [-0.2, -0.15) is 0 Å². The Kier molecular flexibility index (Phi) is 5.27. The van der Waals surface area contributed by atoms with Gasteiger partial charge < -0.3 is 0 Å². The molecular weight excluding hydrogens is 208 g/mol. The zero-order valence-electron chi connectivity index (χ0n) is 9.09. The summed E-state index contributed by atoms with van der Waals surface area (Å²) in [6, 6.07) is 8.87. The number of benzene rings is 1. The lowest BCUT2D eigenvalue weighted by Gasteiger charge is -2.09. The third-order valence-corrected chi connectivity index (χ3v) is 4.32. The van der Waals surface area contributed by atoms with Crippen LogP contribution in [0.1, 0.15) is 37.1 Å². The smallest absolute Gasteiger partial charge is 0.0585 e. The Labute approximate surface area is 94.5 Å². The van der Waals surface area contributed by atoms with Gasteiger partial charge in [0.15, 0.2) is 0 Å². The third kappa shape index (κ3) is 3.47. The van der Waals surface area contributed by atoms with Gasteiger partial charge in [0.2, 0.25) is 0 Å². The second-order valence-electron chi connectivity index (χ2n) is 3.70. The van der Waals surface area contributed by atoms with Gasteiger partial charge in [0.1, 0.15) is 0 Å². The predicted octanol–water partition coefficient (Wildman–Crippen LogP) is 3.00. The first-order valence-electron chi connectivity index (χ1n) is 5.50. The Morgan fingerprint density at radius 3 is 2.43 bits per heavy atom. The minimum absolute atomic E-state index is 0.00826. The van der Waals surface area contributed by atoms with Crippen molar-refractivity contribution in [1.82, 2.24) is 0 Å². The summed E-state index contributed by atoms with van der Waals surface area (Å²) in [5.41, 5.74) is 1.28. The van der Waals surface area contributed by atoms with Crippen molar-refractivity contribution < 1.29 is 0 Å². The van der Waals surface area contributed by atoms with Crippen LogP contribution in [-0.2, 0) is 0 Å². The summed E-state index contributed by atoms with van der Waals surface area (Å²) in [6.07, 6.45) is 3.54. The van der Waals surface area contributed by atoms with Crippen LogP contribution >= 0.6 is 11.6 Å². The number of halogens is 1.